The molecule has 4 heteroatoms. The van der Waals surface area contributed by atoms with Gasteiger partial charge in [-0.1, -0.05) is 222 Å². The lowest BCUT2D eigenvalue weighted by Crippen LogP contribution is -2.16. The van der Waals surface area contributed by atoms with Gasteiger partial charge in [-0.15, -0.1) is 0 Å². The van der Waals surface area contributed by atoms with Crippen LogP contribution in [-0.4, -0.2) is 0 Å². The molecule has 2 aliphatic carbocycles. The minimum Gasteiger partial charge on any atom is -0.453 e. The molecule has 12 aromatic carbocycles. The molecule has 0 N–H and O–H groups in total. The second-order valence-corrected chi connectivity index (χ2v) is 25.8. The first-order valence-corrected chi connectivity index (χ1v) is 32.8. The van der Waals surface area contributed by atoms with Gasteiger partial charge in [0.05, 0.1) is 34.1 Å². The summed E-state index contributed by atoms with van der Waals surface area (Å²) in [7, 11) is 0. The summed E-state index contributed by atoms with van der Waals surface area (Å²) in [6.07, 6.45) is 14.1. The first-order chi connectivity index (χ1) is 43.3. The van der Waals surface area contributed by atoms with E-state index in [-0.39, 0.29) is 0 Å². The first-order valence-electron chi connectivity index (χ1n) is 32.8. The van der Waals surface area contributed by atoms with E-state index in [4.69, 9.17) is 8.83 Å². The lowest BCUT2D eigenvalue weighted by molar-refractivity contribution is 0.445. The summed E-state index contributed by atoms with van der Waals surface area (Å²) >= 11 is 0. The molecule has 0 spiro atoms. The second-order valence-electron chi connectivity index (χ2n) is 25.8. The average molecular weight is 1150 g/mol. The monoisotopic (exact) mass is 1140 g/mol. The number of benzene rings is 12. The maximum atomic E-state index is 7.51. The summed E-state index contributed by atoms with van der Waals surface area (Å²) in [5.41, 5.74) is 25.8. The molecule has 16 rings (SSSR count). The van der Waals surface area contributed by atoms with Gasteiger partial charge in [-0.2, -0.15) is 0 Å². The molecule has 2 aliphatic rings. The van der Waals surface area contributed by atoms with Crippen LogP contribution in [-0.2, 0) is 12.8 Å². The number of fused-ring (bicyclic) bond motifs is 6. The number of hydrogen-bond donors (Lipinski definition) is 0. The number of anilines is 6. The summed E-state index contributed by atoms with van der Waals surface area (Å²) in [6.45, 7) is 13.7. The van der Waals surface area contributed by atoms with Crippen LogP contribution >= 0.6 is 0 Å². The van der Waals surface area contributed by atoms with E-state index in [9.17, 15) is 0 Å². The summed E-state index contributed by atoms with van der Waals surface area (Å²) in [6, 6.07) is 73.8. The van der Waals surface area contributed by atoms with Gasteiger partial charge in [0.25, 0.3) is 0 Å². The van der Waals surface area contributed by atoms with Crippen molar-refractivity contribution >= 4 is 110 Å². The molecule has 0 amide bonds. The zero-order chi connectivity index (χ0) is 59.3. The maximum absolute atomic E-state index is 7.51. The van der Waals surface area contributed by atoms with E-state index in [1.807, 2.05) is 0 Å². The van der Waals surface area contributed by atoms with Crippen molar-refractivity contribution in [3.63, 3.8) is 0 Å². The van der Waals surface area contributed by atoms with Gasteiger partial charge in [0.2, 0.25) is 0 Å². The zero-order valence-corrected chi connectivity index (χ0v) is 51.8. The highest BCUT2D eigenvalue weighted by Gasteiger charge is 2.33. The van der Waals surface area contributed by atoms with Gasteiger partial charge in [0.1, 0.15) is 11.2 Å². The number of nitrogens with zero attached hydrogens (tertiary/aromatic N) is 2. The molecule has 434 valence electrons. The van der Waals surface area contributed by atoms with Crippen molar-refractivity contribution in [1.29, 1.82) is 0 Å². The number of aryl methyl sites for hydroxylation is 6. The van der Waals surface area contributed by atoms with Crippen molar-refractivity contribution < 1.29 is 8.83 Å². The van der Waals surface area contributed by atoms with E-state index in [0.717, 1.165) is 79.2 Å². The van der Waals surface area contributed by atoms with Crippen LogP contribution in [0.15, 0.2) is 203 Å². The zero-order valence-electron chi connectivity index (χ0n) is 51.8. The Morgan fingerprint density at radius 2 is 0.659 bits per heavy atom. The lowest BCUT2D eigenvalue weighted by Gasteiger charge is -2.34. The van der Waals surface area contributed by atoms with Gasteiger partial charge in [-0.05, 0) is 180 Å². The fourth-order valence-electron chi connectivity index (χ4n) is 16.5. The fraction of sp³-hybridized carbons (Fsp3) is 0.238. The van der Waals surface area contributed by atoms with Gasteiger partial charge in [0.15, 0.2) is 11.2 Å². The summed E-state index contributed by atoms with van der Waals surface area (Å²) in [4.78, 5) is 5.24. The molecule has 2 heterocycles. The van der Waals surface area contributed by atoms with Crippen LogP contribution < -0.4 is 9.80 Å². The Morgan fingerprint density at radius 1 is 0.318 bits per heavy atom. The molecule has 88 heavy (non-hydrogen) atoms. The third-order valence-electron chi connectivity index (χ3n) is 20.7. The lowest BCUT2D eigenvalue weighted by atomic mass is 9.77. The molecule has 0 bridgehead atoms. The molecular weight excluding hydrogens is 1070 g/mol. The van der Waals surface area contributed by atoms with Crippen molar-refractivity contribution in [2.45, 2.75) is 130 Å². The minimum absolute atomic E-state index is 0.420. The highest BCUT2D eigenvalue weighted by Crippen LogP contribution is 2.56. The topological polar surface area (TPSA) is 32.8 Å². The summed E-state index contributed by atoms with van der Waals surface area (Å²) in [5, 5.41) is 12.5. The summed E-state index contributed by atoms with van der Waals surface area (Å²) in [5.74, 6) is 0.840. The number of para-hydroxylation sites is 6. The minimum atomic E-state index is 0.420. The fourth-order valence-corrected chi connectivity index (χ4v) is 16.5. The van der Waals surface area contributed by atoms with Gasteiger partial charge in [-0.3, -0.25) is 0 Å². The van der Waals surface area contributed by atoms with E-state index >= 15 is 0 Å². The molecule has 0 atom stereocenters. The predicted octanol–water partition coefficient (Wildman–Crippen LogP) is 25.1. The van der Waals surface area contributed by atoms with Crippen LogP contribution in [0.1, 0.15) is 134 Å². The van der Waals surface area contributed by atoms with Crippen LogP contribution in [0, 0.1) is 27.7 Å². The van der Waals surface area contributed by atoms with E-state index < -0.39 is 0 Å². The standard InChI is InChI=1S/C84H76N2O2/c1-7-55-29-15-17-35-59(55)63-37-21-39-65-67-41-23-43-73(83(67)87-81(63)65)85(79-51(3)25-19-26-52(79)4)75-49-71(57-31-11-9-12-32-57)61-46-48-70-76(50-72(58-33-13-10-14-34-58)62-45-47-69(75)77(61)78(62)70)86(80-53(5)27-20-28-54(80)6)74-44-24-42-68-66-40-22-38-64(82(66)88-84(68)74)60-36-18-16-30-56(60)8-2/h15-30,35-50,57-58H,7-14,31-34H2,1-6H3. The Balaban J connectivity index is 1.02. The van der Waals surface area contributed by atoms with Crippen LogP contribution in [0.3, 0.4) is 0 Å². The van der Waals surface area contributed by atoms with Crippen molar-refractivity contribution in [2.75, 3.05) is 9.80 Å². The molecule has 2 aromatic heterocycles. The van der Waals surface area contributed by atoms with Crippen molar-refractivity contribution in [3.05, 3.63) is 239 Å². The van der Waals surface area contributed by atoms with E-state index in [1.165, 1.54) is 175 Å². The Labute approximate surface area is 517 Å². The number of furan rings is 2. The van der Waals surface area contributed by atoms with Gasteiger partial charge < -0.3 is 18.6 Å². The number of rotatable bonds is 12. The molecule has 2 fully saturated rings. The summed E-state index contributed by atoms with van der Waals surface area (Å²) < 4.78 is 15.0. The maximum Gasteiger partial charge on any atom is 0.159 e. The van der Waals surface area contributed by atoms with Crippen LogP contribution in [0.5, 0.6) is 0 Å². The van der Waals surface area contributed by atoms with Gasteiger partial charge in [0, 0.05) is 43.4 Å². The van der Waals surface area contributed by atoms with Crippen LogP contribution in [0.2, 0.25) is 0 Å². The Morgan fingerprint density at radius 3 is 1.06 bits per heavy atom. The highest BCUT2D eigenvalue weighted by molar-refractivity contribution is 6.30. The molecule has 4 nitrogen and oxygen atoms in total. The van der Waals surface area contributed by atoms with E-state index in [2.05, 4.69) is 245 Å². The van der Waals surface area contributed by atoms with Gasteiger partial charge >= 0.3 is 0 Å². The van der Waals surface area contributed by atoms with E-state index in [1.54, 1.807) is 0 Å². The Kier molecular flexibility index (Phi) is 13.5. The molecular formula is C84H76N2O2. The first kappa shape index (κ1) is 54.3. The van der Waals surface area contributed by atoms with Crippen LogP contribution in [0.25, 0.3) is 98.4 Å². The second kappa shape index (κ2) is 21.9. The number of hydrogen-bond acceptors (Lipinski definition) is 4. The predicted molar refractivity (Wildman–Crippen MR) is 374 cm³/mol. The quantitative estimate of drug-likeness (QED) is 0.114. The third-order valence-corrected chi connectivity index (χ3v) is 20.7. The molecule has 0 unspecified atom stereocenters. The Bertz CT molecular complexity index is 4680. The van der Waals surface area contributed by atoms with Crippen LogP contribution in [0.4, 0.5) is 34.1 Å². The smallest absolute Gasteiger partial charge is 0.159 e. The molecule has 0 radical (unpaired) electrons. The van der Waals surface area contributed by atoms with E-state index in [0.29, 0.717) is 11.8 Å². The average Bonchev–Trinajstić information content (AvgIpc) is 0.856. The highest BCUT2D eigenvalue weighted by atomic mass is 16.3. The van der Waals surface area contributed by atoms with Gasteiger partial charge in [-0.25, -0.2) is 0 Å². The van der Waals surface area contributed by atoms with Crippen molar-refractivity contribution in [3.8, 4) is 22.3 Å². The molecule has 0 saturated heterocycles. The molecule has 0 aliphatic heterocycles. The van der Waals surface area contributed by atoms with Crippen molar-refractivity contribution in [1.82, 2.24) is 0 Å². The third kappa shape index (κ3) is 8.60. The van der Waals surface area contributed by atoms with Crippen molar-refractivity contribution in [2.24, 2.45) is 0 Å². The largest absolute Gasteiger partial charge is 0.453 e. The normalized spacial score (nSPS) is 14.5. The SMILES string of the molecule is CCc1ccccc1-c1cccc2c1oc1c(N(c3c(C)cccc3C)c3cc(C4CCCCC4)c4ccc5c(N(c6c(C)cccc6C)c6cccc7c6oc6c(-c8ccccc8CC)cccc67)cc(C6CCCCC6)c6ccc3c4c65)cccc12. The molecule has 14 aromatic rings. The Hall–Kier alpha value is -9.12. The molecule has 2 saturated carbocycles.